The minimum Gasteiger partial charge on any atom is -0.480 e. The second-order valence-corrected chi connectivity index (χ2v) is 4.57. The maximum atomic E-state index is 11.4. The van der Waals surface area contributed by atoms with E-state index in [9.17, 15) is 9.90 Å². The minimum atomic E-state index is -1.30. The zero-order valence-electron chi connectivity index (χ0n) is 9.34. The second kappa shape index (κ2) is 5.54. The summed E-state index contributed by atoms with van der Waals surface area (Å²) in [5.41, 5.74) is -0.864. The largest absolute Gasteiger partial charge is 0.480 e. The van der Waals surface area contributed by atoms with Gasteiger partial charge in [0.25, 0.3) is 0 Å². The molecule has 3 nitrogen and oxygen atoms in total. The topological polar surface area (TPSA) is 49.3 Å². The van der Waals surface area contributed by atoms with Crippen LogP contribution in [0.25, 0.3) is 0 Å². The van der Waals surface area contributed by atoms with Gasteiger partial charge in [-0.15, -0.1) is 6.58 Å². The molecule has 2 N–H and O–H groups in total. The number of carbonyl (C=O) groups is 1. The molecule has 17 heavy (non-hydrogen) atoms. The molecular formula is C12H13Cl2NO2. The quantitative estimate of drug-likeness (QED) is 0.811. The summed E-state index contributed by atoms with van der Waals surface area (Å²) < 4.78 is 0. The molecule has 0 fully saturated rings. The Morgan fingerprint density at radius 1 is 1.59 bits per heavy atom. The summed E-state index contributed by atoms with van der Waals surface area (Å²) >= 11 is 11.9. The minimum absolute atomic E-state index is 0.353. The first-order chi connectivity index (χ1) is 7.91. The van der Waals surface area contributed by atoms with Gasteiger partial charge in [-0.2, -0.15) is 0 Å². The van der Waals surface area contributed by atoms with E-state index in [-0.39, 0.29) is 0 Å². The number of halogens is 2. The highest BCUT2D eigenvalue weighted by Gasteiger charge is 2.36. The number of hydrogen-bond acceptors (Lipinski definition) is 2. The Bertz CT molecular complexity index is 448. The summed E-state index contributed by atoms with van der Waals surface area (Å²) in [5.74, 6) is -1.02. The maximum Gasteiger partial charge on any atom is 0.328 e. The van der Waals surface area contributed by atoms with Crippen LogP contribution >= 0.6 is 23.2 Å². The van der Waals surface area contributed by atoms with Crippen LogP contribution in [0.5, 0.6) is 0 Å². The van der Waals surface area contributed by atoms with E-state index in [1.807, 2.05) is 0 Å². The number of benzene rings is 1. The molecule has 5 heteroatoms. The lowest BCUT2D eigenvalue weighted by Gasteiger charge is -2.27. The molecule has 92 valence electrons. The van der Waals surface area contributed by atoms with Crippen molar-refractivity contribution in [3.05, 3.63) is 46.5 Å². The van der Waals surface area contributed by atoms with Crippen LogP contribution in [0, 0.1) is 0 Å². The van der Waals surface area contributed by atoms with Crippen LogP contribution < -0.4 is 5.32 Å². The van der Waals surface area contributed by atoms with E-state index < -0.39 is 11.5 Å². The van der Waals surface area contributed by atoms with Crippen LogP contribution in [0.4, 0.5) is 0 Å². The molecule has 0 heterocycles. The van der Waals surface area contributed by atoms with Crippen LogP contribution in [-0.2, 0) is 10.3 Å². The first-order valence-corrected chi connectivity index (χ1v) is 5.72. The molecule has 0 radical (unpaired) electrons. The third-order valence-electron chi connectivity index (χ3n) is 2.49. The molecule has 0 aromatic heterocycles. The lowest BCUT2D eigenvalue weighted by molar-refractivity contribution is -0.144. The van der Waals surface area contributed by atoms with Gasteiger partial charge in [0.1, 0.15) is 5.54 Å². The molecule has 0 spiro atoms. The van der Waals surface area contributed by atoms with Gasteiger partial charge in [-0.25, -0.2) is 4.79 Å². The molecule has 1 unspecified atom stereocenters. The number of aliphatic carboxylic acids is 1. The van der Waals surface area contributed by atoms with E-state index in [0.717, 1.165) is 0 Å². The van der Waals surface area contributed by atoms with Gasteiger partial charge in [0.2, 0.25) is 0 Å². The average Bonchev–Trinajstić information content (AvgIpc) is 2.29. The van der Waals surface area contributed by atoms with Crippen LogP contribution in [-0.4, -0.2) is 17.6 Å². The normalized spacial score (nSPS) is 14.1. The molecule has 1 rings (SSSR count). The Labute approximate surface area is 110 Å². The summed E-state index contributed by atoms with van der Waals surface area (Å²) in [6, 6.07) is 4.74. The Hall–Kier alpha value is -1.03. The monoisotopic (exact) mass is 273 g/mol. The van der Waals surface area contributed by atoms with Crippen molar-refractivity contribution in [3.63, 3.8) is 0 Å². The van der Waals surface area contributed by atoms with E-state index in [1.54, 1.807) is 24.3 Å². The maximum absolute atomic E-state index is 11.4. The fourth-order valence-electron chi connectivity index (χ4n) is 1.44. The Kier molecular flexibility index (Phi) is 4.57. The zero-order valence-corrected chi connectivity index (χ0v) is 10.8. The third kappa shape index (κ3) is 3.00. The fourth-order valence-corrected chi connectivity index (χ4v) is 1.92. The van der Waals surface area contributed by atoms with Gasteiger partial charge in [-0.1, -0.05) is 29.3 Å². The van der Waals surface area contributed by atoms with Crippen molar-refractivity contribution in [2.45, 2.75) is 12.5 Å². The number of rotatable bonds is 5. The van der Waals surface area contributed by atoms with Gasteiger partial charge < -0.3 is 5.11 Å². The molecule has 0 saturated carbocycles. The van der Waals surface area contributed by atoms with Crippen LogP contribution in [0.3, 0.4) is 0 Å². The van der Waals surface area contributed by atoms with Crippen molar-refractivity contribution in [2.24, 2.45) is 0 Å². The smallest absolute Gasteiger partial charge is 0.328 e. The predicted molar refractivity (Wildman–Crippen MR) is 69.6 cm³/mol. The summed E-state index contributed by atoms with van der Waals surface area (Å²) in [4.78, 5) is 11.4. The third-order valence-corrected chi connectivity index (χ3v) is 3.06. The lowest BCUT2D eigenvalue weighted by atomic mass is 9.92. The van der Waals surface area contributed by atoms with Gasteiger partial charge in [0.05, 0.1) is 0 Å². The summed E-state index contributed by atoms with van der Waals surface area (Å²) in [7, 11) is 0. The van der Waals surface area contributed by atoms with E-state index in [1.165, 1.54) is 6.92 Å². The van der Waals surface area contributed by atoms with E-state index in [2.05, 4.69) is 11.9 Å². The summed E-state index contributed by atoms with van der Waals surface area (Å²) in [6.07, 6.45) is 1.58. The molecule has 1 aromatic carbocycles. The Balaban J connectivity index is 3.26. The number of carboxylic acids is 1. The molecule has 0 aliphatic carbocycles. The highest BCUT2D eigenvalue weighted by atomic mass is 35.5. The van der Waals surface area contributed by atoms with Crippen LogP contribution in [0.1, 0.15) is 12.5 Å². The van der Waals surface area contributed by atoms with Crippen molar-refractivity contribution >= 4 is 29.2 Å². The van der Waals surface area contributed by atoms with E-state index in [0.29, 0.717) is 22.2 Å². The molecular weight excluding hydrogens is 261 g/mol. The molecule has 0 bridgehead atoms. The van der Waals surface area contributed by atoms with Crippen molar-refractivity contribution in [3.8, 4) is 0 Å². The van der Waals surface area contributed by atoms with Crippen molar-refractivity contribution < 1.29 is 9.90 Å². The molecule has 1 aromatic rings. The highest BCUT2D eigenvalue weighted by Crippen LogP contribution is 2.30. The van der Waals surface area contributed by atoms with Crippen LogP contribution in [0.15, 0.2) is 30.9 Å². The average molecular weight is 274 g/mol. The molecule has 0 saturated heterocycles. The first-order valence-electron chi connectivity index (χ1n) is 4.96. The second-order valence-electron chi connectivity index (χ2n) is 3.72. The molecule has 0 aliphatic heterocycles. The van der Waals surface area contributed by atoms with Crippen molar-refractivity contribution in [1.82, 2.24) is 5.32 Å². The van der Waals surface area contributed by atoms with Gasteiger partial charge in [-0.3, -0.25) is 5.32 Å². The first kappa shape index (κ1) is 14.0. The zero-order chi connectivity index (χ0) is 13.1. The van der Waals surface area contributed by atoms with Crippen molar-refractivity contribution in [2.75, 3.05) is 6.54 Å². The van der Waals surface area contributed by atoms with Crippen LogP contribution in [0.2, 0.25) is 10.0 Å². The number of nitrogens with one attached hydrogen (secondary N) is 1. The summed E-state index contributed by atoms with van der Waals surface area (Å²) in [5, 5.41) is 13.0. The van der Waals surface area contributed by atoms with Gasteiger partial charge >= 0.3 is 5.97 Å². The Morgan fingerprint density at radius 3 is 2.76 bits per heavy atom. The predicted octanol–water partition coefficient (Wildman–Crippen LogP) is 3.07. The Morgan fingerprint density at radius 2 is 2.24 bits per heavy atom. The molecule has 0 aliphatic rings. The molecule has 0 amide bonds. The lowest BCUT2D eigenvalue weighted by Crippen LogP contribution is -2.46. The fraction of sp³-hybridized carbons (Fsp3) is 0.250. The van der Waals surface area contributed by atoms with E-state index in [4.69, 9.17) is 23.2 Å². The SMILES string of the molecule is C=CCNC(C)(C(=O)O)c1cc(Cl)ccc1Cl. The molecule has 1 atom stereocenters. The van der Waals surface area contributed by atoms with Gasteiger partial charge in [0, 0.05) is 22.2 Å². The van der Waals surface area contributed by atoms with Crippen molar-refractivity contribution in [1.29, 1.82) is 0 Å². The number of hydrogen-bond donors (Lipinski definition) is 2. The highest BCUT2D eigenvalue weighted by molar-refractivity contribution is 6.33. The van der Waals surface area contributed by atoms with Gasteiger partial charge in [-0.05, 0) is 25.1 Å². The number of carboxylic acid groups (broad SMARTS) is 1. The standard InChI is InChI=1S/C12H13Cl2NO2/c1-3-6-15-12(2,11(16)17)9-7-8(13)4-5-10(9)14/h3-5,7,15H,1,6H2,2H3,(H,16,17). The summed E-state index contributed by atoms with van der Waals surface area (Å²) in [6.45, 7) is 5.43. The van der Waals surface area contributed by atoms with Gasteiger partial charge in [0.15, 0.2) is 0 Å². The van der Waals surface area contributed by atoms with E-state index >= 15 is 0 Å².